The Kier molecular flexibility index (Phi) is 3.14. The number of rotatable bonds is 2. The zero-order valence-corrected chi connectivity index (χ0v) is 11.8. The molecule has 5 heteroatoms. The first-order valence-electron chi connectivity index (χ1n) is 5.94. The fourth-order valence-corrected chi connectivity index (χ4v) is 2.49. The predicted molar refractivity (Wildman–Crippen MR) is 74.7 cm³/mol. The van der Waals surface area contributed by atoms with Gasteiger partial charge in [0, 0.05) is 18.1 Å². The number of aryl methyl sites for hydroxylation is 2. The Bertz CT molecular complexity index is 671. The second-order valence-corrected chi connectivity index (χ2v) is 4.55. The molecule has 0 radical (unpaired) electrons. The van der Waals surface area contributed by atoms with Crippen molar-refractivity contribution in [3.63, 3.8) is 0 Å². The first-order chi connectivity index (χ1) is 8.93. The van der Waals surface area contributed by atoms with E-state index < -0.39 is 0 Å². The van der Waals surface area contributed by atoms with Crippen LogP contribution in [-0.4, -0.2) is 24.8 Å². The van der Waals surface area contributed by atoms with E-state index in [9.17, 15) is 4.79 Å². The summed E-state index contributed by atoms with van der Waals surface area (Å²) in [4.78, 5) is 12.0. The van der Waals surface area contributed by atoms with Crippen LogP contribution in [0.5, 0.6) is 5.75 Å². The molecule has 0 amide bonds. The van der Waals surface area contributed by atoms with E-state index in [1.54, 1.807) is 7.11 Å². The predicted octanol–water partition coefficient (Wildman–Crippen LogP) is 2.17. The first-order valence-corrected chi connectivity index (χ1v) is 5.94. The molecule has 2 aromatic rings. The van der Waals surface area contributed by atoms with Crippen molar-refractivity contribution in [1.82, 2.24) is 4.57 Å². The number of nitrogens with zero attached hydrogens (tertiary/aromatic N) is 1. The van der Waals surface area contributed by atoms with Crippen LogP contribution in [0.1, 0.15) is 21.6 Å². The number of hydrogen-bond donors (Lipinski definition) is 1. The van der Waals surface area contributed by atoms with Crippen molar-refractivity contribution < 1.29 is 14.3 Å². The molecule has 0 atom stereocenters. The fourth-order valence-electron chi connectivity index (χ4n) is 2.49. The normalized spacial score (nSPS) is 10.8. The van der Waals surface area contributed by atoms with Gasteiger partial charge in [-0.15, -0.1) is 0 Å². The number of nitrogens with two attached hydrogens (primary N) is 1. The minimum Gasteiger partial charge on any atom is -0.494 e. The summed E-state index contributed by atoms with van der Waals surface area (Å²) in [6.07, 6.45) is 0. The lowest BCUT2D eigenvalue weighted by molar-refractivity contribution is 0.0602. The van der Waals surface area contributed by atoms with Gasteiger partial charge in [-0.3, -0.25) is 0 Å². The van der Waals surface area contributed by atoms with Gasteiger partial charge < -0.3 is 19.8 Å². The number of aromatic nitrogens is 1. The maximum atomic E-state index is 12.0. The number of anilines is 1. The first kappa shape index (κ1) is 13.3. The average molecular weight is 262 g/mol. The standard InChI is InChI=1S/C14H18N2O3/c1-7-6-9-11(12(15)13(7)18-4)10(14(17)19-5)8(2)16(9)3/h6H,15H2,1-5H3. The van der Waals surface area contributed by atoms with Crippen molar-refractivity contribution in [2.45, 2.75) is 13.8 Å². The van der Waals surface area contributed by atoms with Crippen molar-refractivity contribution >= 4 is 22.6 Å². The van der Waals surface area contributed by atoms with Crippen molar-refractivity contribution in [3.8, 4) is 5.75 Å². The van der Waals surface area contributed by atoms with Gasteiger partial charge in [0.15, 0.2) is 0 Å². The maximum Gasteiger partial charge on any atom is 0.340 e. The molecule has 0 aliphatic rings. The Morgan fingerprint density at radius 3 is 2.47 bits per heavy atom. The molecule has 0 saturated heterocycles. The van der Waals surface area contributed by atoms with Gasteiger partial charge >= 0.3 is 5.97 Å². The molecule has 0 spiro atoms. The van der Waals surface area contributed by atoms with Crippen LogP contribution in [0.2, 0.25) is 0 Å². The monoisotopic (exact) mass is 262 g/mol. The van der Waals surface area contributed by atoms with Gasteiger partial charge in [0.05, 0.1) is 31.0 Å². The molecular weight excluding hydrogens is 244 g/mol. The Morgan fingerprint density at radius 2 is 1.95 bits per heavy atom. The number of nitrogen functional groups attached to an aromatic ring is 1. The number of carbonyl (C=O) groups is 1. The molecule has 0 fully saturated rings. The number of benzene rings is 1. The molecule has 0 unspecified atom stereocenters. The molecule has 0 aliphatic heterocycles. The molecule has 0 bridgehead atoms. The smallest absolute Gasteiger partial charge is 0.340 e. The van der Waals surface area contributed by atoms with Crippen LogP contribution < -0.4 is 10.5 Å². The lowest BCUT2D eigenvalue weighted by atomic mass is 10.1. The van der Waals surface area contributed by atoms with E-state index in [2.05, 4.69) is 0 Å². The highest BCUT2D eigenvalue weighted by molar-refractivity contribution is 6.12. The second kappa shape index (κ2) is 4.50. The van der Waals surface area contributed by atoms with Crippen molar-refractivity contribution in [2.75, 3.05) is 20.0 Å². The summed E-state index contributed by atoms with van der Waals surface area (Å²) in [5.74, 6) is 0.212. The number of esters is 1. The van der Waals surface area contributed by atoms with Crippen LogP contribution >= 0.6 is 0 Å². The van der Waals surface area contributed by atoms with Crippen molar-refractivity contribution in [2.24, 2.45) is 7.05 Å². The summed E-state index contributed by atoms with van der Waals surface area (Å²) in [7, 11) is 4.83. The van der Waals surface area contributed by atoms with Gasteiger partial charge in [-0.1, -0.05) is 0 Å². The molecule has 2 rings (SSSR count). The summed E-state index contributed by atoms with van der Waals surface area (Å²) in [6.45, 7) is 3.79. The SMILES string of the molecule is COC(=O)c1c(C)n(C)c2cc(C)c(OC)c(N)c12. The number of carbonyl (C=O) groups excluding carboxylic acids is 1. The molecule has 102 valence electrons. The largest absolute Gasteiger partial charge is 0.494 e. The third-order valence-electron chi connectivity index (χ3n) is 3.55. The zero-order valence-electron chi connectivity index (χ0n) is 11.8. The third-order valence-corrected chi connectivity index (χ3v) is 3.55. The van der Waals surface area contributed by atoms with Crippen LogP contribution in [0.3, 0.4) is 0 Å². The molecule has 5 nitrogen and oxygen atoms in total. The van der Waals surface area contributed by atoms with Gasteiger partial charge in [0.2, 0.25) is 0 Å². The molecule has 2 N–H and O–H groups in total. The van der Waals surface area contributed by atoms with E-state index in [1.165, 1.54) is 7.11 Å². The summed E-state index contributed by atoms with van der Waals surface area (Å²) < 4.78 is 12.1. The van der Waals surface area contributed by atoms with E-state index in [-0.39, 0.29) is 5.97 Å². The van der Waals surface area contributed by atoms with Gasteiger partial charge in [-0.2, -0.15) is 0 Å². The van der Waals surface area contributed by atoms with Gasteiger partial charge in [0.25, 0.3) is 0 Å². The quantitative estimate of drug-likeness (QED) is 0.665. The fraction of sp³-hybridized carbons (Fsp3) is 0.357. The summed E-state index contributed by atoms with van der Waals surface area (Å²) in [5.41, 5.74) is 9.78. The molecule has 1 heterocycles. The summed E-state index contributed by atoms with van der Waals surface area (Å²) >= 11 is 0. The Morgan fingerprint density at radius 1 is 1.32 bits per heavy atom. The van der Waals surface area contributed by atoms with Crippen LogP contribution in [0.4, 0.5) is 5.69 Å². The minimum absolute atomic E-state index is 0.388. The van der Waals surface area contributed by atoms with Gasteiger partial charge in [0.1, 0.15) is 5.75 Å². The van der Waals surface area contributed by atoms with Crippen LogP contribution in [0.15, 0.2) is 6.07 Å². The molecule has 1 aromatic carbocycles. The zero-order chi connectivity index (χ0) is 14.3. The lowest BCUT2D eigenvalue weighted by Crippen LogP contribution is -2.04. The van der Waals surface area contributed by atoms with E-state index in [0.29, 0.717) is 22.4 Å². The highest BCUT2D eigenvalue weighted by Crippen LogP contribution is 2.38. The number of methoxy groups -OCH3 is 2. The minimum atomic E-state index is -0.388. The molecule has 0 aliphatic carbocycles. The van der Waals surface area contributed by atoms with Crippen molar-refractivity contribution in [1.29, 1.82) is 0 Å². The van der Waals surface area contributed by atoms with E-state index in [0.717, 1.165) is 16.8 Å². The summed E-state index contributed by atoms with van der Waals surface area (Å²) in [5, 5.41) is 0.689. The number of ether oxygens (including phenoxy) is 2. The Balaban J connectivity index is 2.98. The van der Waals surface area contributed by atoms with Gasteiger partial charge in [-0.25, -0.2) is 4.79 Å². The number of hydrogen-bond acceptors (Lipinski definition) is 4. The van der Waals surface area contributed by atoms with E-state index >= 15 is 0 Å². The van der Waals surface area contributed by atoms with Crippen LogP contribution in [-0.2, 0) is 11.8 Å². The lowest BCUT2D eigenvalue weighted by Gasteiger charge is -2.10. The van der Waals surface area contributed by atoms with E-state index in [1.807, 2.05) is 31.5 Å². The highest BCUT2D eigenvalue weighted by atomic mass is 16.5. The third kappa shape index (κ3) is 1.73. The molecule has 1 aromatic heterocycles. The van der Waals surface area contributed by atoms with Gasteiger partial charge in [-0.05, 0) is 25.5 Å². The maximum absolute atomic E-state index is 12.0. The highest BCUT2D eigenvalue weighted by Gasteiger charge is 2.23. The molecular formula is C14H18N2O3. The van der Waals surface area contributed by atoms with Crippen LogP contribution in [0.25, 0.3) is 10.9 Å². The van der Waals surface area contributed by atoms with Crippen LogP contribution in [0, 0.1) is 13.8 Å². The van der Waals surface area contributed by atoms with E-state index in [4.69, 9.17) is 15.2 Å². The second-order valence-electron chi connectivity index (χ2n) is 4.55. The topological polar surface area (TPSA) is 66.5 Å². The number of fused-ring (bicyclic) bond motifs is 1. The summed E-state index contributed by atoms with van der Waals surface area (Å²) in [6, 6.07) is 1.96. The Labute approximate surface area is 111 Å². The Hall–Kier alpha value is -2.17. The average Bonchev–Trinajstić information content (AvgIpc) is 2.63. The molecule has 0 saturated carbocycles. The van der Waals surface area contributed by atoms with Crippen molar-refractivity contribution in [3.05, 3.63) is 22.9 Å². The molecule has 19 heavy (non-hydrogen) atoms.